The van der Waals surface area contributed by atoms with E-state index in [2.05, 4.69) is 24.5 Å². The summed E-state index contributed by atoms with van der Waals surface area (Å²) in [5.74, 6) is 0. The van der Waals surface area contributed by atoms with Gasteiger partial charge >= 0.3 is 0 Å². The van der Waals surface area contributed by atoms with Gasteiger partial charge in [-0.2, -0.15) is 12.6 Å². The third-order valence-corrected chi connectivity index (χ3v) is 3.56. The van der Waals surface area contributed by atoms with Crippen LogP contribution in [0, 0.1) is 0 Å². The second kappa shape index (κ2) is 5.35. The summed E-state index contributed by atoms with van der Waals surface area (Å²) in [6.45, 7) is 4.33. The Morgan fingerprint density at radius 2 is 2.07 bits per heavy atom. The molecule has 1 heterocycles. The predicted molar refractivity (Wildman–Crippen MR) is 60.7 cm³/mol. The average molecular weight is 219 g/mol. The molecule has 84 valence electrons. The normalized spacial score (nSPS) is 24.9. The number of piperidine rings is 1. The minimum absolute atomic E-state index is 0.0894. The summed E-state index contributed by atoms with van der Waals surface area (Å²) in [7, 11) is 1.75. The average Bonchev–Trinajstić information content (AvgIpc) is 2.19. The van der Waals surface area contributed by atoms with Crippen LogP contribution in [0.5, 0.6) is 0 Å². The maximum absolute atomic E-state index is 8.98. The summed E-state index contributed by atoms with van der Waals surface area (Å²) in [6.07, 6.45) is 2.74. The zero-order valence-corrected chi connectivity index (χ0v) is 9.96. The number of hydrogen-bond acceptors (Lipinski definition) is 4. The Hall–Kier alpha value is 0.230. The molecule has 0 aromatic heterocycles. The fraction of sp³-hybridized carbons (Fsp3) is 1.00. The van der Waals surface area contributed by atoms with E-state index in [4.69, 9.17) is 9.84 Å². The molecule has 0 amide bonds. The van der Waals surface area contributed by atoms with Crippen LogP contribution in [-0.4, -0.2) is 47.8 Å². The summed E-state index contributed by atoms with van der Waals surface area (Å²) in [4.78, 5) is 2.33. The molecule has 14 heavy (non-hydrogen) atoms. The molecule has 0 aliphatic carbocycles. The highest BCUT2D eigenvalue weighted by Crippen LogP contribution is 2.30. The fourth-order valence-corrected chi connectivity index (χ4v) is 2.30. The second-order valence-electron chi connectivity index (χ2n) is 4.03. The third-order valence-electron chi connectivity index (χ3n) is 3.24. The van der Waals surface area contributed by atoms with Gasteiger partial charge in [-0.1, -0.05) is 0 Å². The molecule has 1 atom stereocenters. The monoisotopic (exact) mass is 219 g/mol. The molecule has 0 aromatic carbocycles. The van der Waals surface area contributed by atoms with Crippen LogP contribution < -0.4 is 0 Å². The van der Waals surface area contributed by atoms with E-state index in [0.717, 1.165) is 32.4 Å². The van der Waals surface area contributed by atoms with E-state index in [1.54, 1.807) is 7.11 Å². The van der Waals surface area contributed by atoms with Crippen molar-refractivity contribution in [3.63, 3.8) is 0 Å². The van der Waals surface area contributed by atoms with Gasteiger partial charge in [0.25, 0.3) is 0 Å². The summed E-state index contributed by atoms with van der Waals surface area (Å²) in [5.41, 5.74) is -0.0894. The first-order valence-corrected chi connectivity index (χ1v) is 5.73. The molecule has 0 spiro atoms. The second-order valence-corrected chi connectivity index (χ2v) is 4.78. The minimum atomic E-state index is -0.0894. The van der Waals surface area contributed by atoms with Crippen LogP contribution in [0.3, 0.4) is 0 Å². The van der Waals surface area contributed by atoms with Gasteiger partial charge in [0.1, 0.15) is 0 Å². The van der Waals surface area contributed by atoms with E-state index >= 15 is 0 Å². The maximum Gasteiger partial charge on any atom is 0.0725 e. The lowest BCUT2D eigenvalue weighted by molar-refractivity contribution is -0.0709. The zero-order chi connectivity index (χ0) is 10.6. The van der Waals surface area contributed by atoms with Crippen molar-refractivity contribution in [2.75, 3.05) is 26.8 Å². The van der Waals surface area contributed by atoms with Crippen molar-refractivity contribution in [1.29, 1.82) is 0 Å². The van der Waals surface area contributed by atoms with Gasteiger partial charge in [-0.25, -0.2) is 0 Å². The van der Waals surface area contributed by atoms with Crippen LogP contribution in [-0.2, 0) is 4.74 Å². The molecule has 0 saturated carbocycles. The van der Waals surface area contributed by atoms with E-state index in [1.807, 2.05) is 0 Å². The molecule has 1 fully saturated rings. The first kappa shape index (κ1) is 12.3. The Balaban J connectivity index is 2.46. The fourth-order valence-electron chi connectivity index (χ4n) is 2.07. The van der Waals surface area contributed by atoms with Gasteiger partial charge in [0.15, 0.2) is 0 Å². The molecule has 1 aliphatic rings. The summed E-state index contributed by atoms with van der Waals surface area (Å²) < 4.78 is 5.54. The Labute approximate surface area is 91.8 Å². The Morgan fingerprint density at radius 1 is 1.50 bits per heavy atom. The molecule has 3 nitrogen and oxygen atoms in total. The number of thiol groups is 1. The third kappa shape index (κ3) is 2.86. The SMILES string of the molecule is COC1(CCO)CCN(C(C)S)CC1. The lowest BCUT2D eigenvalue weighted by Gasteiger charge is -2.41. The van der Waals surface area contributed by atoms with Crippen molar-refractivity contribution in [2.45, 2.75) is 37.2 Å². The highest BCUT2D eigenvalue weighted by molar-refractivity contribution is 7.80. The molecule has 0 aromatic rings. The Bertz CT molecular complexity index is 168. The van der Waals surface area contributed by atoms with E-state index in [-0.39, 0.29) is 12.2 Å². The quantitative estimate of drug-likeness (QED) is 0.695. The molecule has 4 heteroatoms. The van der Waals surface area contributed by atoms with Crippen LogP contribution >= 0.6 is 12.6 Å². The van der Waals surface area contributed by atoms with Crippen molar-refractivity contribution in [1.82, 2.24) is 4.90 Å². The molecule has 1 saturated heterocycles. The smallest absolute Gasteiger partial charge is 0.0725 e. The van der Waals surface area contributed by atoms with Crippen molar-refractivity contribution in [2.24, 2.45) is 0 Å². The Morgan fingerprint density at radius 3 is 2.43 bits per heavy atom. The van der Waals surface area contributed by atoms with Gasteiger partial charge < -0.3 is 9.84 Å². The molecule has 1 aliphatic heterocycles. The minimum Gasteiger partial charge on any atom is -0.396 e. The van der Waals surface area contributed by atoms with Crippen molar-refractivity contribution in [3.8, 4) is 0 Å². The molecular formula is C10H21NO2S. The lowest BCUT2D eigenvalue weighted by atomic mass is 9.88. The predicted octanol–water partition coefficient (Wildman–Crippen LogP) is 1.13. The van der Waals surface area contributed by atoms with Gasteiger partial charge in [-0.15, -0.1) is 0 Å². The molecule has 1 rings (SSSR count). The molecule has 0 bridgehead atoms. The van der Waals surface area contributed by atoms with Crippen LogP contribution in [0.1, 0.15) is 26.2 Å². The zero-order valence-electron chi connectivity index (χ0n) is 9.07. The molecule has 1 N–H and O–H groups in total. The molecule has 1 unspecified atom stereocenters. The van der Waals surface area contributed by atoms with E-state index in [0.29, 0.717) is 5.37 Å². The van der Waals surface area contributed by atoms with E-state index in [9.17, 15) is 0 Å². The maximum atomic E-state index is 8.98. The Kier molecular flexibility index (Phi) is 4.70. The van der Waals surface area contributed by atoms with Gasteiger partial charge in [0.05, 0.1) is 5.60 Å². The number of nitrogens with zero attached hydrogens (tertiary/aromatic N) is 1. The number of ether oxygens (including phenoxy) is 1. The highest BCUT2D eigenvalue weighted by atomic mass is 32.1. The molecular weight excluding hydrogens is 198 g/mol. The van der Waals surface area contributed by atoms with Gasteiger partial charge in [0, 0.05) is 32.2 Å². The number of hydrogen-bond donors (Lipinski definition) is 2. The number of rotatable bonds is 4. The van der Waals surface area contributed by atoms with Crippen LogP contribution in [0.4, 0.5) is 0 Å². The van der Waals surface area contributed by atoms with Crippen molar-refractivity contribution < 1.29 is 9.84 Å². The summed E-state index contributed by atoms with van der Waals surface area (Å²) in [6, 6.07) is 0. The van der Waals surface area contributed by atoms with Gasteiger partial charge in [0.2, 0.25) is 0 Å². The van der Waals surface area contributed by atoms with Crippen molar-refractivity contribution in [3.05, 3.63) is 0 Å². The number of likely N-dealkylation sites (tertiary alicyclic amines) is 1. The lowest BCUT2D eigenvalue weighted by Crippen LogP contribution is -2.47. The number of methoxy groups -OCH3 is 1. The van der Waals surface area contributed by atoms with E-state index in [1.165, 1.54) is 0 Å². The van der Waals surface area contributed by atoms with E-state index < -0.39 is 0 Å². The number of aliphatic hydroxyl groups excluding tert-OH is 1. The van der Waals surface area contributed by atoms with Gasteiger partial charge in [-0.05, 0) is 26.2 Å². The summed E-state index contributed by atoms with van der Waals surface area (Å²) >= 11 is 4.42. The molecule has 0 radical (unpaired) electrons. The topological polar surface area (TPSA) is 32.7 Å². The summed E-state index contributed by atoms with van der Waals surface area (Å²) in [5, 5.41) is 9.30. The largest absolute Gasteiger partial charge is 0.396 e. The van der Waals surface area contributed by atoms with Gasteiger partial charge in [-0.3, -0.25) is 4.90 Å². The van der Waals surface area contributed by atoms with Crippen molar-refractivity contribution >= 4 is 12.6 Å². The first-order valence-electron chi connectivity index (χ1n) is 5.22. The van der Waals surface area contributed by atoms with Crippen LogP contribution in [0.25, 0.3) is 0 Å². The van der Waals surface area contributed by atoms with Crippen LogP contribution in [0.15, 0.2) is 0 Å². The highest BCUT2D eigenvalue weighted by Gasteiger charge is 2.34. The standard InChI is InChI=1S/C10H21NO2S/c1-9(14)11-6-3-10(13-2,4-7-11)5-8-12/h9,12,14H,3-8H2,1-2H3. The number of aliphatic hydroxyl groups is 1. The first-order chi connectivity index (χ1) is 6.63. The van der Waals surface area contributed by atoms with Crippen LogP contribution in [0.2, 0.25) is 0 Å².